The van der Waals surface area contributed by atoms with Crippen LogP contribution in [0.25, 0.3) is 33.4 Å². The molecule has 1 fully saturated rings. The van der Waals surface area contributed by atoms with E-state index in [2.05, 4.69) is 44.7 Å². The van der Waals surface area contributed by atoms with Gasteiger partial charge in [0.15, 0.2) is 11.2 Å². The normalized spacial score (nSPS) is 14.5. The molecule has 0 radical (unpaired) electrons. The zero-order valence-electron chi connectivity index (χ0n) is 20.1. The van der Waals surface area contributed by atoms with Gasteiger partial charge in [-0.3, -0.25) is 9.82 Å². The third-order valence-corrected chi connectivity index (χ3v) is 6.86. The van der Waals surface area contributed by atoms with Crippen molar-refractivity contribution >= 4 is 55.5 Å². The first kappa shape index (κ1) is 23.0. The number of aromatic amines is 1. The van der Waals surface area contributed by atoms with Crippen LogP contribution in [0.5, 0.6) is 0 Å². The Bertz CT molecular complexity index is 1740. The zero-order valence-corrected chi connectivity index (χ0v) is 20.9. The molecule has 0 bridgehead atoms. The molecule has 1 aliphatic heterocycles. The van der Waals surface area contributed by atoms with E-state index in [4.69, 9.17) is 10.2 Å². The van der Waals surface area contributed by atoms with Crippen LogP contribution < -0.4 is 20.3 Å². The quantitative estimate of drug-likeness (QED) is 0.310. The molecule has 1 aliphatic rings. The Hall–Kier alpha value is -4.46. The van der Waals surface area contributed by atoms with Crippen LogP contribution in [0.4, 0.5) is 23.3 Å². The highest BCUT2D eigenvalue weighted by molar-refractivity contribution is 7.92. The summed E-state index contributed by atoms with van der Waals surface area (Å²) < 4.78 is 30.9. The van der Waals surface area contributed by atoms with E-state index < -0.39 is 10.0 Å². The summed E-state index contributed by atoms with van der Waals surface area (Å²) in [7, 11) is -3.36. The maximum Gasteiger partial charge on any atom is 0.292 e. The molecule has 190 valence electrons. The smallest absolute Gasteiger partial charge is 0.292 e. The van der Waals surface area contributed by atoms with Crippen LogP contribution in [-0.2, 0) is 10.0 Å². The Labute approximate surface area is 211 Å². The molecule has 0 unspecified atom stereocenters. The highest BCUT2D eigenvalue weighted by Gasteiger charge is 2.25. The summed E-state index contributed by atoms with van der Waals surface area (Å²) in [6.45, 7) is 4.78. The molecule has 0 aliphatic carbocycles. The van der Waals surface area contributed by atoms with Crippen LogP contribution in [0.2, 0.25) is 0 Å². The maximum absolute atomic E-state index is 11.5. The third-order valence-electron chi connectivity index (χ3n) is 6.26. The fourth-order valence-electron chi connectivity index (χ4n) is 4.69. The lowest BCUT2D eigenvalue weighted by Gasteiger charge is -2.36. The molecular weight excluding hydrogens is 496 g/mol. The average molecular weight is 521 g/mol. The number of benzene rings is 1. The van der Waals surface area contributed by atoms with Crippen molar-refractivity contribution in [2.24, 2.45) is 0 Å². The van der Waals surface area contributed by atoms with Crippen LogP contribution in [-0.4, -0.2) is 71.0 Å². The second kappa shape index (κ2) is 8.58. The minimum Gasteiger partial charge on any atom is -0.424 e. The lowest BCUT2D eigenvalue weighted by molar-refractivity contribution is 0.606. The van der Waals surface area contributed by atoms with Gasteiger partial charge >= 0.3 is 0 Å². The number of hydrogen-bond acceptors (Lipinski definition) is 11. The van der Waals surface area contributed by atoms with Crippen molar-refractivity contribution in [3.63, 3.8) is 0 Å². The maximum atomic E-state index is 11.5. The SMILES string of the molecule is Cc1cc(NS(C)(=O)=O)cnc1N1CCN(c2ncnc3n[nH]c(-c4ccc5oc(N)nc5c4)c23)CC1. The molecule has 37 heavy (non-hydrogen) atoms. The predicted molar refractivity (Wildman–Crippen MR) is 141 cm³/mol. The number of rotatable bonds is 5. The van der Waals surface area contributed by atoms with Crippen molar-refractivity contribution in [3.05, 3.63) is 42.4 Å². The van der Waals surface area contributed by atoms with Crippen LogP contribution in [0.3, 0.4) is 0 Å². The van der Waals surface area contributed by atoms with Gasteiger partial charge in [-0.1, -0.05) is 0 Å². The number of nitrogens with zero attached hydrogens (tertiary/aromatic N) is 7. The van der Waals surface area contributed by atoms with Crippen molar-refractivity contribution in [2.45, 2.75) is 6.92 Å². The summed E-state index contributed by atoms with van der Waals surface area (Å²) in [5.41, 5.74) is 10.6. The molecule has 4 N–H and O–H groups in total. The first-order valence-electron chi connectivity index (χ1n) is 11.5. The molecule has 0 amide bonds. The standard InChI is InChI=1S/C23H24N10O3S/c1-13-9-15(31-37(2,34)35)11-25-21(13)32-5-7-33(8-6-32)22-18-19(29-30-20(18)26-12-27-22)14-3-4-17-16(10-14)28-23(24)36-17/h3-4,9-12,31H,5-8H2,1-2H3,(H2,24,28)(H,26,27,29,30). The number of aryl methyl sites for hydroxylation is 1. The molecule has 14 heteroatoms. The monoisotopic (exact) mass is 520 g/mol. The minimum atomic E-state index is -3.36. The summed E-state index contributed by atoms with van der Waals surface area (Å²) >= 11 is 0. The van der Waals surface area contributed by atoms with Crippen molar-refractivity contribution < 1.29 is 12.8 Å². The molecule has 5 aromatic rings. The minimum absolute atomic E-state index is 0.120. The Morgan fingerprint density at radius 1 is 1.05 bits per heavy atom. The van der Waals surface area contributed by atoms with Crippen molar-refractivity contribution in [1.29, 1.82) is 0 Å². The lowest BCUT2D eigenvalue weighted by Crippen LogP contribution is -2.47. The summed E-state index contributed by atoms with van der Waals surface area (Å²) in [5, 5.41) is 8.34. The van der Waals surface area contributed by atoms with Crippen molar-refractivity contribution in [1.82, 2.24) is 30.1 Å². The van der Waals surface area contributed by atoms with Gasteiger partial charge in [-0.05, 0) is 36.8 Å². The number of H-pyrrole nitrogens is 1. The predicted octanol–water partition coefficient (Wildman–Crippen LogP) is 2.14. The number of anilines is 4. The summed E-state index contributed by atoms with van der Waals surface area (Å²) in [6.07, 6.45) is 4.18. The van der Waals surface area contributed by atoms with Gasteiger partial charge in [-0.15, -0.1) is 0 Å². The Morgan fingerprint density at radius 2 is 1.81 bits per heavy atom. The van der Waals surface area contributed by atoms with Gasteiger partial charge < -0.3 is 20.0 Å². The molecule has 6 rings (SSSR count). The van der Waals surface area contributed by atoms with E-state index in [1.165, 1.54) is 6.33 Å². The lowest BCUT2D eigenvalue weighted by atomic mass is 10.1. The topological polar surface area (TPSA) is 172 Å². The van der Waals surface area contributed by atoms with Gasteiger partial charge in [0, 0.05) is 31.7 Å². The number of pyridine rings is 1. The number of aromatic nitrogens is 6. The summed E-state index contributed by atoms with van der Waals surface area (Å²) in [6, 6.07) is 7.56. The molecular formula is C23H24N10O3S. The van der Waals surface area contributed by atoms with Gasteiger partial charge in [-0.25, -0.2) is 23.4 Å². The highest BCUT2D eigenvalue weighted by Crippen LogP contribution is 2.34. The van der Waals surface area contributed by atoms with E-state index in [1.807, 2.05) is 25.1 Å². The number of nitrogens with two attached hydrogens (primary N) is 1. The molecule has 0 atom stereocenters. The number of piperazine rings is 1. The number of fused-ring (bicyclic) bond motifs is 2. The van der Waals surface area contributed by atoms with Gasteiger partial charge in [0.25, 0.3) is 6.01 Å². The second-order valence-electron chi connectivity index (χ2n) is 8.94. The number of oxazole rings is 1. The molecule has 13 nitrogen and oxygen atoms in total. The van der Waals surface area contributed by atoms with Crippen molar-refractivity contribution in [2.75, 3.05) is 52.7 Å². The van der Waals surface area contributed by atoms with Gasteiger partial charge in [0.1, 0.15) is 23.5 Å². The van der Waals surface area contributed by atoms with E-state index in [0.717, 1.165) is 53.2 Å². The zero-order chi connectivity index (χ0) is 25.7. The number of hydrogen-bond donors (Lipinski definition) is 3. The van der Waals surface area contributed by atoms with E-state index in [0.29, 0.717) is 35.5 Å². The van der Waals surface area contributed by atoms with E-state index >= 15 is 0 Å². The van der Waals surface area contributed by atoms with E-state index in [1.54, 1.807) is 12.3 Å². The Morgan fingerprint density at radius 3 is 2.54 bits per heavy atom. The Balaban J connectivity index is 1.26. The van der Waals surface area contributed by atoms with Crippen LogP contribution in [0.1, 0.15) is 5.56 Å². The first-order valence-corrected chi connectivity index (χ1v) is 13.4. The molecule has 0 spiro atoms. The fourth-order valence-corrected chi connectivity index (χ4v) is 5.23. The molecule has 4 aromatic heterocycles. The van der Waals surface area contributed by atoms with Gasteiger partial charge in [-0.2, -0.15) is 10.1 Å². The fraction of sp³-hybridized carbons (Fsp3) is 0.261. The van der Waals surface area contributed by atoms with E-state index in [-0.39, 0.29) is 6.01 Å². The Kier molecular flexibility index (Phi) is 5.33. The van der Waals surface area contributed by atoms with Gasteiger partial charge in [0.2, 0.25) is 10.0 Å². The number of nitrogen functional groups attached to an aromatic ring is 1. The van der Waals surface area contributed by atoms with Gasteiger partial charge in [0.05, 0.1) is 29.2 Å². The van der Waals surface area contributed by atoms with Crippen LogP contribution >= 0.6 is 0 Å². The molecule has 1 saturated heterocycles. The third kappa shape index (κ3) is 4.35. The summed E-state index contributed by atoms with van der Waals surface area (Å²) in [4.78, 5) is 22.1. The second-order valence-corrected chi connectivity index (χ2v) is 10.7. The molecule has 1 aromatic carbocycles. The summed E-state index contributed by atoms with van der Waals surface area (Å²) in [5.74, 6) is 1.63. The van der Waals surface area contributed by atoms with Crippen LogP contribution in [0, 0.1) is 6.92 Å². The van der Waals surface area contributed by atoms with Crippen molar-refractivity contribution in [3.8, 4) is 11.3 Å². The number of sulfonamides is 1. The average Bonchev–Trinajstić information content (AvgIpc) is 3.45. The van der Waals surface area contributed by atoms with E-state index in [9.17, 15) is 8.42 Å². The largest absolute Gasteiger partial charge is 0.424 e. The number of nitrogens with one attached hydrogen (secondary N) is 2. The molecule has 0 saturated carbocycles. The highest BCUT2D eigenvalue weighted by atomic mass is 32.2. The van der Waals surface area contributed by atoms with Crippen LogP contribution in [0.15, 0.2) is 41.2 Å². The first-order chi connectivity index (χ1) is 17.7. The molecule has 5 heterocycles.